The highest BCUT2D eigenvalue weighted by Crippen LogP contribution is 2.31. The predicted octanol–water partition coefficient (Wildman–Crippen LogP) is 2.01. The van der Waals surface area contributed by atoms with Gasteiger partial charge in [0.2, 0.25) is 5.91 Å². The van der Waals surface area contributed by atoms with Crippen LogP contribution in [0.15, 0.2) is 12.1 Å². The number of hydrogen-bond donors (Lipinski definition) is 2. The number of carbonyl (C=O) groups is 1. The topological polar surface area (TPSA) is 61.6 Å². The average molecular weight is 319 g/mol. The molecule has 1 amide bonds. The van der Waals surface area contributed by atoms with Crippen LogP contribution in [0.4, 0.5) is 11.4 Å². The van der Waals surface area contributed by atoms with Crippen LogP contribution in [0.3, 0.4) is 0 Å². The minimum atomic E-state index is -0.165. The van der Waals surface area contributed by atoms with Gasteiger partial charge in [-0.15, -0.1) is 0 Å². The number of nitrogens with two attached hydrogens (primary N) is 1. The summed E-state index contributed by atoms with van der Waals surface area (Å²) >= 11 is 11.8. The van der Waals surface area contributed by atoms with Crippen molar-refractivity contribution in [1.82, 2.24) is 9.80 Å². The molecule has 1 aromatic carbocycles. The molecule has 0 aliphatic heterocycles. The number of carbonyl (C=O) groups excluding carboxylic acids is 1. The molecule has 0 saturated carbocycles. The van der Waals surface area contributed by atoms with Gasteiger partial charge < -0.3 is 16.0 Å². The van der Waals surface area contributed by atoms with E-state index in [9.17, 15) is 4.79 Å². The Hall–Kier alpha value is -1.01. The quantitative estimate of drug-likeness (QED) is 0.788. The van der Waals surface area contributed by atoms with Gasteiger partial charge in [-0.05, 0) is 33.3 Å². The second-order valence-electron chi connectivity index (χ2n) is 4.94. The SMILES string of the molecule is CN(C)CCN(C)CC(=O)Nc1c(N)cc(Cl)cc1Cl. The Morgan fingerprint density at radius 2 is 1.90 bits per heavy atom. The van der Waals surface area contributed by atoms with E-state index >= 15 is 0 Å². The number of amides is 1. The third-order valence-electron chi connectivity index (χ3n) is 2.69. The number of hydrogen-bond acceptors (Lipinski definition) is 4. The van der Waals surface area contributed by atoms with E-state index in [1.54, 1.807) is 12.1 Å². The summed E-state index contributed by atoms with van der Waals surface area (Å²) in [5.41, 5.74) is 6.55. The van der Waals surface area contributed by atoms with Gasteiger partial charge in [-0.25, -0.2) is 0 Å². The Bertz CT molecular complexity index is 456. The van der Waals surface area contributed by atoms with Gasteiger partial charge in [0, 0.05) is 18.1 Å². The molecule has 5 nitrogen and oxygen atoms in total. The molecule has 0 radical (unpaired) electrons. The molecule has 0 fully saturated rings. The fourth-order valence-corrected chi connectivity index (χ4v) is 2.16. The summed E-state index contributed by atoms with van der Waals surface area (Å²) in [7, 11) is 5.86. The number of nitrogens with zero attached hydrogens (tertiary/aromatic N) is 2. The van der Waals surface area contributed by atoms with Gasteiger partial charge in [0.05, 0.1) is 22.9 Å². The summed E-state index contributed by atoms with van der Waals surface area (Å²) in [6, 6.07) is 3.10. The summed E-state index contributed by atoms with van der Waals surface area (Å²) in [4.78, 5) is 15.9. The van der Waals surface area contributed by atoms with E-state index in [0.29, 0.717) is 21.4 Å². The first kappa shape index (κ1) is 17.0. The largest absolute Gasteiger partial charge is 0.397 e. The van der Waals surface area contributed by atoms with Crippen molar-refractivity contribution in [3.63, 3.8) is 0 Å². The third kappa shape index (κ3) is 5.54. The van der Waals surface area contributed by atoms with Crippen molar-refractivity contribution in [1.29, 1.82) is 0 Å². The van der Waals surface area contributed by atoms with Crippen molar-refractivity contribution in [2.45, 2.75) is 0 Å². The smallest absolute Gasteiger partial charge is 0.238 e. The molecule has 0 aromatic heterocycles. The lowest BCUT2D eigenvalue weighted by atomic mass is 10.2. The lowest BCUT2D eigenvalue weighted by Crippen LogP contribution is -2.35. The van der Waals surface area contributed by atoms with E-state index in [2.05, 4.69) is 10.2 Å². The van der Waals surface area contributed by atoms with Crippen LogP contribution in [0.1, 0.15) is 0 Å². The molecule has 3 N–H and O–H groups in total. The van der Waals surface area contributed by atoms with Crippen LogP contribution in [0.25, 0.3) is 0 Å². The standard InChI is InChI=1S/C13H20Cl2N4O/c1-18(2)4-5-19(3)8-12(20)17-13-10(15)6-9(14)7-11(13)16/h6-7H,4-5,8,16H2,1-3H3,(H,17,20). The van der Waals surface area contributed by atoms with E-state index in [4.69, 9.17) is 28.9 Å². The lowest BCUT2D eigenvalue weighted by Gasteiger charge is -2.19. The molecule has 7 heteroatoms. The highest BCUT2D eigenvalue weighted by molar-refractivity contribution is 6.37. The van der Waals surface area contributed by atoms with Gasteiger partial charge in [-0.1, -0.05) is 23.2 Å². The molecule has 0 unspecified atom stereocenters. The molecule has 20 heavy (non-hydrogen) atoms. The fraction of sp³-hybridized carbons (Fsp3) is 0.462. The van der Waals surface area contributed by atoms with Gasteiger partial charge in [0.25, 0.3) is 0 Å². The molecule has 0 heterocycles. The van der Waals surface area contributed by atoms with Crippen molar-refractivity contribution in [3.05, 3.63) is 22.2 Å². The van der Waals surface area contributed by atoms with Gasteiger partial charge in [0.1, 0.15) is 0 Å². The summed E-state index contributed by atoms with van der Waals surface area (Å²) in [6.45, 7) is 1.95. The number of benzene rings is 1. The zero-order valence-corrected chi connectivity index (χ0v) is 13.4. The second kappa shape index (κ2) is 7.69. The average Bonchev–Trinajstić information content (AvgIpc) is 2.31. The normalized spacial score (nSPS) is 11.2. The molecule has 1 aromatic rings. The van der Waals surface area contributed by atoms with Crippen LogP contribution < -0.4 is 11.1 Å². The zero-order valence-electron chi connectivity index (χ0n) is 11.9. The maximum absolute atomic E-state index is 11.9. The Kier molecular flexibility index (Phi) is 6.55. The van der Waals surface area contributed by atoms with Gasteiger partial charge in [-0.2, -0.15) is 0 Å². The number of rotatable bonds is 6. The van der Waals surface area contributed by atoms with Crippen LogP contribution in [-0.4, -0.2) is 56.5 Å². The molecule has 0 spiro atoms. The molecule has 112 valence electrons. The number of likely N-dealkylation sites (N-methyl/N-ethyl adjacent to an activating group) is 2. The lowest BCUT2D eigenvalue weighted by molar-refractivity contribution is -0.117. The molecule has 1 rings (SSSR count). The molecule has 0 bridgehead atoms. The zero-order chi connectivity index (χ0) is 15.3. The second-order valence-corrected chi connectivity index (χ2v) is 5.78. The first-order valence-corrected chi connectivity index (χ1v) is 6.93. The van der Waals surface area contributed by atoms with Crippen LogP contribution in [0.2, 0.25) is 10.0 Å². The maximum Gasteiger partial charge on any atom is 0.238 e. The van der Waals surface area contributed by atoms with Crippen LogP contribution >= 0.6 is 23.2 Å². The highest BCUT2D eigenvalue weighted by atomic mass is 35.5. The Morgan fingerprint density at radius 3 is 2.45 bits per heavy atom. The molecular weight excluding hydrogens is 299 g/mol. The molecule has 0 saturated heterocycles. The van der Waals surface area contributed by atoms with Gasteiger partial charge in [-0.3, -0.25) is 9.69 Å². The van der Waals surface area contributed by atoms with E-state index in [1.807, 2.05) is 26.0 Å². The van der Waals surface area contributed by atoms with Crippen molar-refractivity contribution in [3.8, 4) is 0 Å². The van der Waals surface area contributed by atoms with E-state index < -0.39 is 0 Å². The minimum absolute atomic E-state index is 0.165. The fourth-order valence-electron chi connectivity index (χ4n) is 1.60. The van der Waals surface area contributed by atoms with Crippen LogP contribution in [0.5, 0.6) is 0 Å². The first-order chi connectivity index (χ1) is 9.29. The Labute approximate surface area is 129 Å². The first-order valence-electron chi connectivity index (χ1n) is 6.17. The highest BCUT2D eigenvalue weighted by Gasteiger charge is 2.12. The summed E-state index contributed by atoms with van der Waals surface area (Å²) in [6.07, 6.45) is 0. The molecular formula is C13H20Cl2N4O. The number of nitrogens with one attached hydrogen (secondary N) is 1. The summed E-state index contributed by atoms with van der Waals surface area (Å²) < 4.78 is 0. The van der Waals surface area contributed by atoms with Crippen LogP contribution in [0, 0.1) is 0 Å². The van der Waals surface area contributed by atoms with Gasteiger partial charge in [0.15, 0.2) is 0 Å². The van der Waals surface area contributed by atoms with E-state index in [0.717, 1.165) is 13.1 Å². The van der Waals surface area contributed by atoms with E-state index in [-0.39, 0.29) is 12.5 Å². The Balaban J connectivity index is 2.59. The molecule has 0 aliphatic rings. The number of anilines is 2. The maximum atomic E-state index is 11.9. The van der Waals surface area contributed by atoms with Crippen molar-refractivity contribution >= 4 is 40.5 Å². The molecule has 0 aliphatic carbocycles. The van der Waals surface area contributed by atoms with Gasteiger partial charge >= 0.3 is 0 Å². The van der Waals surface area contributed by atoms with Crippen molar-refractivity contribution in [2.24, 2.45) is 0 Å². The summed E-state index contributed by atoms with van der Waals surface area (Å²) in [5.74, 6) is -0.165. The Morgan fingerprint density at radius 1 is 1.25 bits per heavy atom. The van der Waals surface area contributed by atoms with Crippen LogP contribution in [-0.2, 0) is 4.79 Å². The third-order valence-corrected chi connectivity index (χ3v) is 3.21. The number of nitrogen functional groups attached to an aromatic ring is 1. The molecule has 0 atom stereocenters. The van der Waals surface area contributed by atoms with Crippen molar-refractivity contribution < 1.29 is 4.79 Å². The predicted molar refractivity (Wildman–Crippen MR) is 85.6 cm³/mol. The minimum Gasteiger partial charge on any atom is -0.397 e. The van der Waals surface area contributed by atoms with E-state index in [1.165, 1.54) is 0 Å². The van der Waals surface area contributed by atoms with Crippen molar-refractivity contribution in [2.75, 3.05) is 51.8 Å². The summed E-state index contributed by atoms with van der Waals surface area (Å²) in [5, 5.41) is 3.49. The monoisotopic (exact) mass is 318 g/mol. The number of halogens is 2.